The molecule has 0 aliphatic carbocycles. The highest BCUT2D eigenvalue weighted by Gasteiger charge is 2.35. The summed E-state index contributed by atoms with van der Waals surface area (Å²) in [5.41, 5.74) is 3.37. The van der Waals surface area contributed by atoms with Crippen LogP contribution in [0.15, 0.2) is 35.5 Å². The van der Waals surface area contributed by atoms with E-state index in [0.717, 1.165) is 42.6 Å². The van der Waals surface area contributed by atoms with E-state index in [4.69, 9.17) is 4.98 Å². The molecule has 0 radical (unpaired) electrons. The van der Waals surface area contributed by atoms with Gasteiger partial charge < -0.3 is 15.1 Å². The van der Waals surface area contributed by atoms with Crippen LogP contribution >= 0.6 is 11.3 Å². The number of nitrogens with one attached hydrogen (secondary N) is 1. The number of aliphatic imine (C=N–C) groups is 1. The third kappa shape index (κ3) is 5.22. The second-order valence-corrected chi connectivity index (χ2v) is 12.0. The molecule has 0 spiro atoms. The van der Waals surface area contributed by atoms with Gasteiger partial charge in [-0.2, -0.15) is 0 Å². The first-order valence-corrected chi connectivity index (χ1v) is 14.3. The van der Waals surface area contributed by atoms with Crippen LogP contribution in [0, 0.1) is 11.8 Å². The van der Waals surface area contributed by atoms with Crippen LogP contribution in [-0.2, 0) is 16.0 Å². The van der Waals surface area contributed by atoms with Crippen molar-refractivity contribution in [3.8, 4) is 0 Å². The molecule has 1 aromatic carbocycles. The normalized spacial score (nSPS) is 24.1. The van der Waals surface area contributed by atoms with Crippen molar-refractivity contribution in [1.29, 1.82) is 0 Å². The Balaban J connectivity index is 1.37. The number of pyridine rings is 1. The summed E-state index contributed by atoms with van der Waals surface area (Å²) in [4.78, 5) is 43.9. The van der Waals surface area contributed by atoms with Gasteiger partial charge in [-0.15, -0.1) is 11.3 Å². The molecular weight excluding hydrogens is 496 g/mol. The summed E-state index contributed by atoms with van der Waals surface area (Å²) in [6.45, 7) is 12.6. The number of rotatable bonds is 5. The minimum atomic E-state index is -0.649. The summed E-state index contributed by atoms with van der Waals surface area (Å²) in [6, 6.07) is 7.99. The molecule has 0 saturated carbocycles. The first kappa shape index (κ1) is 26.4. The van der Waals surface area contributed by atoms with Crippen molar-refractivity contribution in [3.05, 3.63) is 46.6 Å². The molecule has 0 bridgehead atoms. The van der Waals surface area contributed by atoms with Gasteiger partial charge in [-0.3, -0.25) is 9.59 Å². The Morgan fingerprint density at radius 1 is 1.18 bits per heavy atom. The lowest BCUT2D eigenvalue weighted by Crippen LogP contribution is -2.46. The number of amides is 2. The molecule has 0 unspecified atom stereocenters. The van der Waals surface area contributed by atoms with Crippen molar-refractivity contribution >= 4 is 51.6 Å². The predicted octanol–water partition coefficient (Wildman–Crippen LogP) is 5.19. The number of hydrogen-bond acceptors (Lipinski definition) is 7. The second-order valence-electron chi connectivity index (χ2n) is 10.9. The van der Waals surface area contributed by atoms with E-state index in [-0.39, 0.29) is 6.04 Å². The third-order valence-corrected chi connectivity index (χ3v) is 9.10. The molecule has 2 saturated heterocycles. The van der Waals surface area contributed by atoms with Crippen LogP contribution in [0.1, 0.15) is 61.7 Å². The zero-order chi connectivity index (χ0) is 27.0. The highest BCUT2D eigenvalue weighted by Crippen LogP contribution is 2.39. The fourth-order valence-electron chi connectivity index (χ4n) is 5.87. The van der Waals surface area contributed by atoms with Gasteiger partial charge in [0.25, 0.3) is 0 Å². The summed E-state index contributed by atoms with van der Waals surface area (Å²) in [6.07, 6.45) is 4.03. The van der Waals surface area contributed by atoms with E-state index in [1.165, 1.54) is 15.9 Å². The molecule has 2 fully saturated rings. The lowest BCUT2D eigenvalue weighted by molar-refractivity contribution is -0.146. The van der Waals surface area contributed by atoms with Crippen molar-refractivity contribution in [2.45, 2.75) is 52.0 Å². The zero-order valence-corrected chi connectivity index (χ0v) is 23.4. The predicted molar refractivity (Wildman–Crippen MR) is 153 cm³/mol. The van der Waals surface area contributed by atoms with Crippen molar-refractivity contribution in [3.63, 3.8) is 0 Å². The van der Waals surface area contributed by atoms with Gasteiger partial charge in [0.2, 0.25) is 0 Å². The quantitative estimate of drug-likeness (QED) is 0.361. The molecule has 2 aromatic heterocycles. The second kappa shape index (κ2) is 10.9. The zero-order valence-electron chi connectivity index (χ0n) is 22.6. The Morgan fingerprint density at radius 3 is 2.71 bits per heavy atom. The monoisotopic (exact) mass is 532 g/mol. The van der Waals surface area contributed by atoms with Crippen molar-refractivity contribution < 1.29 is 9.59 Å². The van der Waals surface area contributed by atoms with Crippen molar-refractivity contribution in [2.24, 2.45) is 16.8 Å². The van der Waals surface area contributed by atoms with Gasteiger partial charge in [0.15, 0.2) is 5.82 Å². The van der Waals surface area contributed by atoms with Gasteiger partial charge in [-0.25, -0.2) is 15.0 Å². The molecular formula is C29H36N6O2S. The Bertz CT molecular complexity index is 1370. The highest BCUT2D eigenvalue weighted by molar-refractivity contribution is 7.18. The minimum absolute atomic E-state index is 0.160. The summed E-state index contributed by atoms with van der Waals surface area (Å²) in [5, 5.41) is 3.95. The van der Waals surface area contributed by atoms with Crippen LogP contribution in [0.25, 0.3) is 10.2 Å². The molecule has 4 heterocycles. The number of likely N-dealkylation sites (N-methyl/N-ethyl adjacent to an activating group) is 1. The van der Waals surface area contributed by atoms with Crippen LogP contribution in [0.5, 0.6) is 0 Å². The molecule has 5 rings (SSSR count). The average Bonchev–Trinajstić information content (AvgIpc) is 3.49. The van der Waals surface area contributed by atoms with Crippen LogP contribution < -0.4 is 5.32 Å². The number of benzene rings is 1. The lowest BCUT2D eigenvalue weighted by atomic mass is 9.89. The topological polar surface area (TPSA) is 90.8 Å². The smallest absolute Gasteiger partial charge is 0.313 e. The fourth-order valence-corrected chi connectivity index (χ4v) is 7.04. The molecule has 200 valence electrons. The molecule has 9 heteroatoms. The first-order valence-electron chi connectivity index (χ1n) is 13.4. The van der Waals surface area contributed by atoms with Gasteiger partial charge in [-0.1, -0.05) is 26.8 Å². The Hall–Kier alpha value is -3.17. The van der Waals surface area contributed by atoms with E-state index >= 15 is 0 Å². The summed E-state index contributed by atoms with van der Waals surface area (Å²) >= 11 is 1.78. The summed E-state index contributed by atoms with van der Waals surface area (Å²) < 4.78 is 1.17. The van der Waals surface area contributed by atoms with E-state index in [1.807, 2.05) is 6.92 Å². The average molecular weight is 533 g/mol. The number of aromatic nitrogens is 2. The highest BCUT2D eigenvalue weighted by atomic mass is 32.1. The Morgan fingerprint density at radius 2 is 2.00 bits per heavy atom. The lowest BCUT2D eigenvalue weighted by Gasteiger charge is -2.38. The molecule has 8 nitrogen and oxygen atoms in total. The maximum absolute atomic E-state index is 13.5. The number of aryl methyl sites for hydroxylation is 1. The molecule has 1 N–H and O–H groups in total. The number of carbonyl (C=O) groups is 2. The number of carbonyl (C=O) groups excluding carboxylic acids is 2. The van der Waals surface area contributed by atoms with Crippen LogP contribution in [0.4, 0.5) is 11.5 Å². The largest absolute Gasteiger partial charge is 0.327 e. The van der Waals surface area contributed by atoms with Gasteiger partial charge in [0, 0.05) is 25.6 Å². The fraction of sp³-hybridized carbons (Fsp3) is 0.483. The van der Waals surface area contributed by atoms with Gasteiger partial charge in [0.1, 0.15) is 0 Å². The summed E-state index contributed by atoms with van der Waals surface area (Å²) in [5.74, 6) is 0.731. The summed E-state index contributed by atoms with van der Waals surface area (Å²) in [7, 11) is 2.17. The van der Waals surface area contributed by atoms with E-state index in [1.54, 1.807) is 22.3 Å². The maximum Gasteiger partial charge on any atom is 0.313 e. The number of thiazole rings is 1. The van der Waals surface area contributed by atoms with Crippen LogP contribution in [-0.4, -0.2) is 65.0 Å². The van der Waals surface area contributed by atoms with Gasteiger partial charge >= 0.3 is 11.8 Å². The van der Waals surface area contributed by atoms with Gasteiger partial charge in [-0.05, 0) is 74.2 Å². The molecule has 3 aromatic rings. The van der Waals surface area contributed by atoms with Gasteiger partial charge in [0.05, 0.1) is 33.2 Å². The number of fused-ring (bicyclic) bond motifs is 1. The van der Waals surface area contributed by atoms with Crippen molar-refractivity contribution in [1.82, 2.24) is 19.8 Å². The molecule has 38 heavy (non-hydrogen) atoms. The van der Waals surface area contributed by atoms with Crippen LogP contribution in [0.3, 0.4) is 0 Å². The number of hydrogen-bond donors (Lipinski definition) is 1. The Kier molecular flexibility index (Phi) is 7.59. The van der Waals surface area contributed by atoms with Crippen LogP contribution in [0.2, 0.25) is 0 Å². The van der Waals surface area contributed by atoms with E-state index in [2.05, 4.69) is 66.0 Å². The molecule has 2 aliphatic heterocycles. The number of nitrogens with zero attached hydrogens (tertiary/aromatic N) is 5. The maximum atomic E-state index is 13.5. The SMILES string of the molecule is C=Nc1ncc(NC(=O)C(=O)N2C[C@@H](C)CC[C@@H]2c2ccc3sc([C@@H]4CN(C)C[C@H]4C)nc3c2)cc1CC. The molecule has 2 amide bonds. The minimum Gasteiger partial charge on any atom is -0.327 e. The van der Waals surface area contributed by atoms with E-state index in [0.29, 0.717) is 42.2 Å². The standard InChI is InChI=1S/C29H36N6O2S/c1-6-19-11-21(13-31-26(19)30-4)32-27(36)29(37)35-14-17(2)7-9-24(35)20-8-10-25-23(12-20)33-28(38-25)22-16-34(5)15-18(22)3/h8,10-13,17-18,22,24H,4,6-7,9,14-16H2,1-3,5H3,(H,32,36)/t17-,18+,22+,24+/m0/s1. The van der Waals surface area contributed by atoms with E-state index < -0.39 is 11.8 Å². The Labute approximate surface area is 228 Å². The number of piperidine rings is 1. The third-order valence-electron chi connectivity index (χ3n) is 7.93. The first-order chi connectivity index (χ1) is 18.3. The number of anilines is 1. The molecule has 2 aliphatic rings. The molecule has 4 atom stereocenters. The van der Waals surface area contributed by atoms with Crippen molar-refractivity contribution in [2.75, 3.05) is 32.0 Å². The number of likely N-dealkylation sites (tertiary alicyclic amines) is 2. The van der Waals surface area contributed by atoms with E-state index in [9.17, 15) is 9.59 Å².